The maximum absolute atomic E-state index is 12.9. The van der Waals surface area contributed by atoms with Crippen LogP contribution in [0.2, 0.25) is 0 Å². The van der Waals surface area contributed by atoms with Gasteiger partial charge in [-0.2, -0.15) is 0 Å². The molecule has 0 radical (unpaired) electrons. The second-order valence-corrected chi connectivity index (χ2v) is 7.79. The standard InChI is InChI=1S/C23H25N3O4S/c1-4-14-26-22(28)20(15-21(27)25-18-8-6-7-9-19(18)29-3)31-23(26)24-16-10-12-17(13-11-16)30-5-2/h4,6-13,20H,1,5,14-15H2,2-3H3,(H,25,27). The molecule has 0 aliphatic carbocycles. The predicted molar refractivity (Wildman–Crippen MR) is 124 cm³/mol. The Morgan fingerprint density at radius 3 is 2.68 bits per heavy atom. The maximum atomic E-state index is 12.9. The molecular weight excluding hydrogens is 414 g/mol. The number of hydrogen-bond acceptors (Lipinski definition) is 6. The lowest BCUT2D eigenvalue weighted by molar-refractivity contribution is -0.127. The van der Waals surface area contributed by atoms with Crippen LogP contribution < -0.4 is 14.8 Å². The normalized spacial score (nSPS) is 17.0. The number of amides is 2. The number of methoxy groups -OCH3 is 1. The lowest BCUT2D eigenvalue weighted by atomic mass is 10.2. The molecule has 1 N–H and O–H groups in total. The summed E-state index contributed by atoms with van der Waals surface area (Å²) in [5.41, 5.74) is 1.27. The molecule has 0 bridgehead atoms. The van der Waals surface area contributed by atoms with Gasteiger partial charge in [-0.05, 0) is 43.3 Å². The summed E-state index contributed by atoms with van der Waals surface area (Å²) in [4.78, 5) is 31.6. The lowest BCUT2D eigenvalue weighted by Crippen LogP contribution is -2.33. The zero-order valence-electron chi connectivity index (χ0n) is 17.5. The highest BCUT2D eigenvalue weighted by Crippen LogP contribution is 2.32. The van der Waals surface area contributed by atoms with E-state index >= 15 is 0 Å². The number of carbonyl (C=O) groups excluding carboxylic acids is 2. The Bertz CT molecular complexity index is 975. The number of hydrogen-bond donors (Lipinski definition) is 1. The number of thioether (sulfide) groups is 1. The SMILES string of the molecule is C=CCN1C(=O)C(CC(=O)Nc2ccccc2OC)SC1=Nc1ccc(OCC)cc1. The number of rotatable bonds is 9. The van der Waals surface area contributed by atoms with Crippen molar-refractivity contribution < 1.29 is 19.1 Å². The van der Waals surface area contributed by atoms with E-state index in [9.17, 15) is 9.59 Å². The van der Waals surface area contributed by atoms with Crippen LogP contribution in [-0.2, 0) is 9.59 Å². The summed E-state index contributed by atoms with van der Waals surface area (Å²) in [5.74, 6) is 0.892. The summed E-state index contributed by atoms with van der Waals surface area (Å²) >= 11 is 1.28. The highest BCUT2D eigenvalue weighted by molar-refractivity contribution is 8.15. The molecule has 1 aliphatic heterocycles. The summed E-state index contributed by atoms with van der Waals surface area (Å²) in [7, 11) is 1.54. The molecule has 2 aromatic rings. The molecule has 1 aliphatic rings. The number of carbonyl (C=O) groups is 2. The molecule has 2 amide bonds. The van der Waals surface area contributed by atoms with Gasteiger partial charge in [-0.3, -0.25) is 14.5 Å². The highest BCUT2D eigenvalue weighted by atomic mass is 32.2. The van der Waals surface area contributed by atoms with E-state index in [2.05, 4.69) is 16.9 Å². The predicted octanol–water partition coefficient (Wildman–Crippen LogP) is 4.24. The van der Waals surface area contributed by atoms with E-state index in [0.29, 0.717) is 35.4 Å². The van der Waals surface area contributed by atoms with E-state index < -0.39 is 5.25 Å². The topological polar surface area (TPSA) is 80.2 Å². The second-order valence-electron chi connectivity index (χ2n) is 6.62. The smallest absolute Gasteiger partial charge is 0.242 e. The fraction of sp³-hybridized carbons (Fsp3) is 0.261. The zero-order valence-corrected chi connectivity index (χ0v) is 18.4. The molecule has 2 aromatic carbocycles. The first-order chi connectivity index (χ1) is 15.0. The minimum absolute atomic E-state index is 0.0253. The Labute approximate surface area is 186 Å². The zero-order chi connectivity index (χ0) is 22.2. The summed E-state index contributed by atoms with van der Waals surface area (Å²) in [6.45, 7) is 6.56. The molecule has 1 unspecified atom stereocenters. The largest absolute Gasteiger partial charge is 0.495 e. The van der Waals surface area contributed by atoms with Crippen LogP contribution in [-0.4, -0.2) is 47.4 Å². The fourth-order valence-corrected chi connectivity index (χ4v) is 4.20. The van der Waals surface area contributed by atoms with Crippen molar-refractivity contribution in [3.05, 3.63) is 61.2 Å². The summed E-state index contributed by atoms with van der Waals surface area (Å²) in [6, 6.07) is 14.5. The molecule has 7 nitrogen and oxygen atoms in total. The number of amidine groups is 1. The van der Waals surface area contributed by atoms with Crippen molar-refractivity contribution >= 4 is 40.1 Å². The van der Waals surface area contributed by atoms with Crippen LogP contribution in [0, 0.1) is 0 Å². The molecule has 1 saturated heterocycles. The molecular formula is C23H25N3O4S. The van der Waals surface area contributed by atoms with Crippen molar-refractivity contribution in [3.63, 3.8) is 0 Å². The molecule has 162 valence electrons. The highest BCUT2D eigenvalue weighted by Gasteiger charge is 2.38. The molecule has 0 spiro atoms. The third kappa shape index (κ3) is 5.67. The first kappa shape index (κ1) is 22.4. The van der Waals surface area contributed by atoms with Crippen LogP contribution in [0.1, 0.15) is 13.3 Å². The molecule has 1 atom stereocenters. The molecule has 1 heterocycles. The molecule has 0 saturated carbocycles. The van der Waals surface area contributed by atoms with Crippen molar-refractivity contribution in [2.45, 2.75) is 18.6 Å². The number of aliphatic imine (C=N–C) groups is 1. The maximum Gasteiger partial charge on any atom is 0.242 e. The number of anilines is 1. The number of nitrogens with one attached hydrogen (secondary N) is 1. The van der Waals surface area contributed by atoms with Crippen LogP contribution in [0.5, 0.6) is 11.5 Å². The van der Waals surface area contributed by atoms with E-state index in [4.69, 9.17) is 9.47 Å². The van der Waals surface area contributed by atoms with Gasteiger partial charge >= 0.3 is 0 Å². The van der Waals surface area contributed by atoms with Crippen molar-refractivity contribution in [1.82, 2.24) is 4.90 Å². The van der Waals surface area contributed by atoms with Gasteiger partial charge in [0.1, 0.15) is 16.7 Å². The number of benzene rings is 2. The molecule has 0 aromatic heterocycles. The quantitative estimate of drug-likeness (QED) is 0.591. The van der Waals surface area contributed by atoms with Crippen LogP contribution in [0.4, 0.5) is 11.4 Å². The van der Waals surface area contributed by atoms with Crippen LogP contribution in [0.3, 0.4) is 0 Å². The van der Waals surface area contributed by atoms with Crippen molar-refractivity contribution in [2.75, 3.05) is 25.6 Å². The Kier molecular flexibility index (Phi) is 7.72. The second kappa shape index (κ2) is 10.7. The van der Waals surface area contributed by atoms with Gasteiger partial charge in [-0.1, -0.05) is 30.0 Å². The van der Waals surface area contributed by atoms with Crippen molar-refractivity contribution in [2.24, 2.45) is 4.99 Å². The Morgan fingerprint density at radius 1 is 1.26 bits per heavy atom. The van der Waals surface area contributed by atoms with Crippen LogP contribution in [0.15, 0.2) is 66.2 Å². The Balaban J connectivity index is 1.72. The van der Waals surface area contributed by atoms with Gasteiger partial charge in [-0.15, -0.1) is 6.58 Å². The van der Waals surface area contributed by atoms with Gasteiger partial charge in [0.25, 0.3) is 0 Å². The van der Waals surface area contributed by atoms with E-state index in [1.807, 2.05) is 37.3 Å². The number of ether oxygens (including phenoxy) is 2. The molecule has 8 heteroatoms. The van der Waals surface area contributed by atoms with Gasteiger partial charge in [0.2, 0.25) is 11.8 Å². The van der Waals surface area contributed by atoms with Crippen LogP contribution in [0.25, 0.3) is 0 Å². The third-order valence-electron chi connectivity index (χ3n) is 4.46. The minimum Gasteiger partial charge on any atom is -0.495 e. The van der Waals surface area contributed by atoms with Gasteiger partial charge in [0.05, 0.1) is 25.1 Å². The first-order valence-electron chi connectivity index (χ1n) is 9.89. The summed E-state index contributed by atoms with van der Waals surface area (Å²) in [5, 5.41) is 2.80. The third-order valence-corrected chi connectivity index (χ3v) is 5.63. The number of para-hydroxylation sites is 2. The van der Waals surface area contributed by atoms with E-state index in [-0.39, 0.29) is 18.2 Å². The fourth-order valence-electron chi connectivity index (χ4n) is 3.03. The summed E-state index contributed by atoms with van der Waals surface area (Å²) < 4.78 is 10.7. The van der Waals surface area contributed by atoms with Crippen LogP contribution >= 0.6 is 11.8 Å². The minimum atomic E-state index is -0.559. The summed E-state index contributed by atoms with van der Waals surface area (Å²) in [6.07, 6.45) is 1.67. The van der Waals surface area contributed by atoms with Crippen molar-refractivity contribution in [1.29, 1.82) is 0 Å². The average Bonchev–Trinajstić information content (AvgIpc) is 3.04. The first-order valence-corrected chi connectivity index (χ1v) is 10.8. The van der Waals surface area contributed by atoms with Crippen molar-refractivity contribution in [3.8, 4) is 11.5 Å². The molecule has 3 rings (SSSR count). The Hall–Kier alpha value is -3.26. The Morgan fingerprint density at radius 2 is 2.00 bits per heavy atom. The van der Waals surface area contributed by atoms with E-state index in [1.165, 1.54) is 18.9 Å². The van der Waals surface area contributed by atoms with Gasteiger partial charge < -0.3 is 14.8 Å². The van der Waals surface area contributed by atoms with E-state index in [1.54, 1.807) is 29.2 Å². The average molecular weight is 440 g/mol. The van der Waals surface area contributed by atoms with Gasteiger partial charge in [0.15, 0.2) is 5.17 Å². The van der Waals surface area contributed by atoms with Gasteiger partial charge in [-0.25, -0.2) is 4.99 Å². The lowest BCUT2D eigenvalue weighted by Gasteiger charge is -2.14. The molecule has 1 fully saturated rings. The van der Waals surface area contributed by atoms with E-state index in [0.717, 1.165) is 5.75 Å². The number of nitrogens with zero attached hydrogens (tertiary/aromatic N) is 2. The van der Waals surface area contributed by atoms with Gasteiger partial charge in [0, 0.05) is 13.0 Å². The monoisotopic (exact) mass is 439 g/mol. The molecule has 31 heavy (non-hydrogen) atoms.